The molecule has 0 atom stereocenters. The fourth-order valence-electron chi connectivity index (χ4n) is 3.62. The van der Waals surface area contributed by atoms with Gasteiger partial charge < -0.3 is 9.47 Å². The van der Waals surface area contributed by atoms with Crippen molar-refractivity contribution in [3.63, 3.8) is 0 Å². The zero-order chi connectivity index (χ0) is 16.2. The minimum absolute atomic E-state index is 0.438. The van der Waals surface area contributed by atoms with Crippen LogP contribution in [0.4, 0.5) is 0 Å². The molecule has 1 heterocycles. The lowest BCUT2D eigenvalue weighted by Gasteiger charge is -2.32. The monoisotopic (exact) mass is 313 g/mol. The van der Waals surface area contributed by atoms with E-state index in [1.165, 1.54) is 21.9 Å². The number of nitrogens with zero attached hydrogens (tertiary/aromatic N) is 1. The smallest absolute Gasteiger partial charge is 0.124 e. The Kier molecular flexibility index (Phi) is 5.19. The molecule has 0 radical (unpaired) electrons. The van der Waals surface area contributed by atoms with Gasteiger partial charge in [0.2, 0.25) is 0 Å². The number of hydrogen-bond acceptors (Lipinski definition) is 3. The molecule has 2 aromatic carbocycles. The van der Waals surface area contributed by atoms with E-state index in [1.54, 1.807) is 7.11 Å². The average Bonchev–Trinajstić information content (AvgIpc) is 2.59. The van der Waals surface area contributed by atoms with Crippen LogP contribution in [-0.4, -0.2) is 37.8 Å². The van der Waals surface area contributed by atoms with Crippen molar-refractivity contribution in [3.05, 3.63) is 41.5 Å². The van der Waals surface area contributed by atoms with Gasteiger partial charge in [-0.1, -0.05) is 24.3 Å². The highest BCUT2D eigenvalue weighted by Gasteiger charge is 2.21. The van der Waals surface area contributed by atoms with Crippen molar-refractivity contribution in [2.24, 2.45) is 0 Å². The lowest BCUT2D eigenvalue weighted by Crippen LogP contribution is -2.36. The summed E-state index contributed by atoms with van der Waals surface area (Å²) < 4.78 is 11.4. The van der Waals surface area contributed by atoms with E-state index in [0.29, 0.717) is 6.10 Å². The molecule has 124 valence electrons. The van der Waals surface area contributed by atoms with E-state index in [0.717, 1.165) is 44.8 Å². The first-order valence-electron chi connectivity index (χ1n) is 8.62. The van der Waals surface area contributed by atoms with Crippen molar-refractivity contribution in [2.75, 3.05) is 26.8 Å². The van der Waals surface area contributed by atoms with Crippen molar-refractivity contribution in [2.45, 2.75) is 39.3 Å². The van der Waals surface area contributed by atoms with Crippen LogP contribution >= 0.6 is 0 Å². The highest BCUT2D eigenvalue weighted by atomic mass is 16.5. The second-order valence-electron chi connectivity index (χ2n) is 6.35. The molecule has 0 saturated carbocycles. The predicted octanol–water partition coefficient (Wildman–Crippen LogP) is 4.16. The number of likely N-dealkylation sites (tertiary alicyclic amines) is 1. The van der Waals surface area contributed by atoms with Crippen LogP contribution in [-0.2, 0) is 11.3 Å². The molecule has 0 bridgehead atoms. The summed E-state index contributed by atoms with van der Waals surface area (Å²) in [4.78, 5) is 2.52. The van der Waals surface area contributed by atoms with Gasteiger partial charge >= 0.3 is 0 Å². The number of ether oxygens (including phenoxy) is 2. The van der Waals surface area contributed by atoms with Crippen molar-refractivity contribution >= 4 is 10.8 Å². The molecule has 23 heavy (non-hydrogen) atoms. The highest BCUT2D eigenvalue weighted by Crippen LogP contribution is 2.32. The number of rotatable bonds is 5. The lowest BCUT2D eigenvalue weighted by atomic mass is 9.98. The van der Waals surface area contributed by atoms with Crippen molar-refractivity contribution in [1.29, 1.82) is 0 Å². The van der Waals surface area contributed by atoms with Crippen molar-refractivity contribution in [3.8, 4) is 5.75 Å². The normalized spacial score (nSPS) is 16.8. The molecule has 1 saturated heterocycles. The van der Waals surface area contributed by atoms with Crippen LogP contribution in [0.5, 0.6) is 5.75 Å². The van der Waals surface area contributed by atoms with Gasteiger partial charge in [0.05, 0.1) is 13.2 Å². The van der Waals surface area contributed by atoms with Gasteiger partial charge in [0.15, 0.2) is 0 Å². The van der Waals surface area contributed by atoms with E-state index in [9.17, 15) is 0 Å². The maximum atomic E-state index is 5.76. The van der Waals surface area contributed by atoms with Gasteiger partial charge in [-0.25, -0.2) is 0 Å². The van der Waals surface area contributed by atoms with Gasteiger partial charge in [0.25, 0.3) is 0 Å². The summed E-state index contributed by atoms with van der Waals surface area (Å²) in [6, 6.07) is 10.8. The summed E-state index contributed by atoms with van der Waals surface area (Å²) >= 11 is 0. The van der Waals surface area contributed by atoms with Gasteiger partial charge in [-0.2, -0.15) is 0 Å². The Morgan fingerprint density at radius 2 is 1.83 bits per heavy atom. The summed E-state index contributed by atoms with van der Waals surface area (Å²) in [6.45, 7) is 8.19. The summed E-state index contributed by atoms with van der Waals surface area (Å²) in [7, 11) is 1.77. The van der Waals surface area contributed by atoms with Crippen molar-refractivity contribution in [1.82, 2.24) is 4.90 Å². The van der Waals surface area contributed by atoms with Crippen molar-refractivity contribution < 1.29 is 9.47 Å². The molecule has 3 rings (SSSR count). The van der Waals surface area contributed by atoms with E-state index in [1.807, 2.05) is 0 Å². The predicted molar refractivity (Wildman–Crippen MR) is 95.2 cm³/mol. The molecule has 0 amide bonds. The van der Waals surface area contributed by atoms with Gasteiger partial charge in [-0.15, -0.1) is 0 Å². The second-order valence-corrected chi connectivity index (χ2v) is 6.35. The molecule has 1 aliphatic rings. The third kappa shape index (κ3) is 3.51. The van der Waals surface area contributed by atoms with E-state index >= 15 is 0 Å². The molecule has 2 aromatic rings. The maximum absolute atomic E-state index is 5.76. The third-order valence-electron chi connectivity index (χ3n) is 4.86. The SMILES string of the molecule is CCOC1CCN(Cc2c(OC)cc(C)c3ccccc23)CC1. The molecule has 0 spiro atoms. The molecular formula is C20H27NO2. The average molecular weight is 313 g/mol. The Bertz CT molecular complexity index is 660. The zero-order valence-electron chi connectivity index (χ0n) is 14.5. The minimum Gasteiger partial charge on any atom is -0.496 e. The first kappa shape index (κ1) is 16.3. The Morgan fingerprint density at radius 3 is 2.48 bits per heavy atom. The molecule has 0 aromatic heterocycles. The minimum atomic E-state index is 0.438. The summed E-state index contributed by atoms with van der Waals surface area (Å²) in [6.07, 6.45) is 2.69. The Hall–Kier alpha value is -1.58. The number of benzene rings is 2. The number of piperidine rings is 1. The van der Waals surface area contributed by atoms with Crippen LogP contribution in [0.2, 0.25) is 0 Å². The van der Waals surface area contributed by atoms with Crippen LogP contribution in [0, 0.1) is 6.92 Å². The molecule has 1 aliphatic heterocycles. The summed E-state index contributed by atoms with van der Waals surface area (Å²) in [5.41, 5.74) is 2.58. The summed E-state index contributed by atoms with van der Waals surface area (Å²) in [5.74, 6) is 1.01. The second kappa shape index (κ2) is 7.33. The first-order valence-corrected chi connectivity index (χ1v) is 8.62. The van der Waals surface area contributed by atoms with Crippen LogP contribution < -0.4 is 4.74 Å². The van der Waals surface area contributed by atoms with E-state index in [-0.39, 0.29) is 0 Å². The molecular weight excluding hydrogens is 286 g/mol. The number of methoxy groups -OCH3 is 1. The molecule has 0 N–H and O–H groups in total. The van der Waals surface area contributed by atoms with Crippen LogP contribution in [0.15, 0.2) is 30.3 Å². The topological polar surface area (TPSA) is 21.7 Å². The number of fused-ring (bicyclic) bond motifs is 1. The highest BCUT2D eigenvalue weighted by molar-refractivity contribution is 5.90. The molecule has 0 unspecified atom stereocenters. The zero-order valence-corrected chi connectivity index (χ0v) is 14.5. The van der Waals surface area contributed by atoms with Gasteiger partial charge in [0.1, 0.15) is 5.75 Å². The lowest BCUT2D eigenvalue weighted by molar-refractivity contribution is 0.0125. The first-order chi connectivity index (χ1) is 11.2. The fraction of sp³-hybridized carbons (Fsp3) is 0.500. The van der Waals surface area contributed by atoms with Gasteiger partial charge in [0, 0.05) is 31.8 Å². The van der Waals surface area contributed by atoms with Gasteiger partial charge in [-0.3, -0.25) is 4.90 Å². The molecule has 3 nitrogen and oxygen atoms in total. The van der Waals surface area contributed by atoms with Crippen LogP contribution in [0.1, 0.15) is 30.9 Å². The quantitative estimate of drug-likeness (QED) is 0.827. The Morgan fingerprint density at radius 1 is 1.13 bits per heavy atom. The Labute approximate surface area is 139 Å². The maximum Gasteiger partial charge on any atom is 0.124 e. The standard InChI is InChI=1S/C20H27NO2/c1-4-23-16-9-11-21(12-10-16)14-19-18-8-6-5-7-17(18)15(2)13-20(19)22-3/h5-8,13,16H,4,9-12,14H2,1-3H3. The van der Waals surface area contributed by atoms with Crippen LogP contribution in [0.3, 0.4) is 0 Å². The molecule has 0 aliphatic carbocycles. The fourth-order valence-corrected chi connectivity index (χ4v) is 3.62. The van der Waals surface area contributed by atoms with Crippen LogP contribution in [0.25, 0.3) is 10.8 Å². The van der Waals surface area contributed by atoms with E-state index in [2.05, 4.69) is 49.1 Å². The van der Waals surface area contributed by atoms with E-state index in [4.69, 9.17) is 9.47 Å². The Balaban J connectivity index is 1.84. The van der Waals surface area contributed by atoms with Gasteiger partial charge in [-0.05, 0) is 49.1 Å². The molecule has 3 heteroatoms. The van der Waals surface area contributed by atoms with E-state index < -0.39 is 0 Å². The number of hydrogen-bond donors (Lipinski definition) is 0. The number of aryl methyl sites for hydroxylation is 1. The largest absolute Gasteiger partial charge is 0.496 e. The third-order valence-corrected chi connectivity index (χ3v) is 4.86. The summed E-state index contributed by atoms with van der Waals surface area (Å²) in [5, 5.41) is 2.64. The molecule has 1 fully saturated rings.